The van der Waals surface area contributed by atoms with Gasteiger partial charge in [-0.25, -0.2) is 0 Å². The molecule has 282 valence electrons. The Morgan fingerprint density at radius 1 is 0.517 bits per heavy atom. The van der Waals surface area contributed by atoms with Crippen molar-refractivity contribution in [2.75, 3.05) is 0 Å². The van der Waals surface area contributed by atoms with E-state index in [0.29, 0.717) is 11.5 Å². The number of para-hydroxylation sites is 3. The number of hydrogen-bond acceptors (Lipinski definition) is 2. The van der Waals surface area contributed by atoms with Crippen molar-refractivity contribution in [2.24, 2.45) is 0 Å². The van der Waals surface area contributed by atoms with Crippen molar-refractivity contribution >= 4 is 32.8 Å². The molecule has 6 heteroatoms. The number of fused-ring (bicyclic) bond motifs is 5. The number of nitrogens with zero attached hydrogens (tertiary/aromatic N) is 4. The molecule has 5 nitrogen and oxygen atoms in total. The van der Waals surface area contributed by atoms with Gasteiger partial charge in [-0.2, -0.15) is 0 Å². The Bertz CT molecular complexity index is 3160. The Balaban J connectivity index is 1.05. The van der Waals surface area contributed by atoms with Crippen molar-refractivity contribution in [3.05, 3.63) is 197 Å². The van der Waals surface area contributed by atoms with Crippen molar-refractivity contribution in [3.63, 3.8) is 0 Å². The van der Waals surface area contributed by atoms with Gasteiger partial charge in [0.05, 0.1) is 0 Å². The predicted molar refractivity (Wildman–Crippen MR) is 230 cm³/mol. The molecule has 0 fully saturated rings. The third-order valence-corrected chi connectivity index (χ3v) is 12.4. The molecule has 1 aliphatic carbocycles. The predicted octanol–water partition coefficient (Wildman–Crippen LogP) is 12.6. The van der Waals surface area contributed by atoms with Crippen LogP contribution in [0.25, 0.3) is 72.3 Å². The van der Waals surface area contributed by atoms with E-state index in [2.05, 4.69) is 179 Å². The fraction of sp³-hybridized carbons (Fsp3) is 0.0769. The van der Waals surface area contributed by atoms with Crippen molar-refractivity contribution in [1.82, 2.24) is 18.7 Å². The summed E-state index contributed by atoms with van der Waals surface area (Å²) in [4.78, 5) is 4.78. The molecule has 0 N–H and O–H groups in total. The van der Waals surface area contributed by atoms with Crippen LogP contribution < -0.4 is 4.74 Å². The Hall–Kier alpha value is -6.55. The van der Waals surface area contributed by atoms with Crippen LogP contribution in [-0.2, 0) is 32.2 Å². The van der Waals surface area contributed by atoms with Gasteiger partial charge in [0.2, 0.25) is 0 Å². The molecule has 3 heterocycles. The SMILES string of the molecule is [Pt]=[c]1n(-c2[c-]c(Oc3[c-]c4c(cc3)c3cc5c(cc3n4-c3ccccn3)CCCC5)ccc2)c2ccccc2n1-c1c(-c2ccccc2)cccc1-c1ccccc1. The topological polar surface area (TPSA) is 36.9 Å². The minimum absolute atomic E-state index is 0.610. The Morgan fingerprint density at radius 3 is 1.86 bits per heavy atom. The number of pyridine rings is 1. The second kappa shape index (κ2) is 14.4. The molecule has 0 spiro atoms. The van der Waals surface area contributed by atoms with Crippen LogP contribution >= 0.6 is 0 Å². The van der Waals surface area contributed by atoms with Crippen LogP contribution in [0.3, 0.4) is 0 Å². The normalized spacial score (nSPS) is 12.7. The molecule has 0 saturated carbocycles. The monoisotopic (exact) mass is 927 g/mol. The summed E-state index contributed by atoms with van der Waals surface area (Å²) in [6.07, 6.45) is 6.57. The van der Waals surface area contributed by atoms with E-state index in [0.717, 1.165) is 83.5 Å². The summed E-state index contributed by atoms with van der Waals surface area (Å²) < 4.78 is 14.6. The van der Waals surface area contributed by atoms with E-state index in [1.165, 1.54) is 29.4 Å². The molecular weight excluding hydrogens is 892 g/mol. The summed E-state index contributed by atoms with van der Waals surface area (Å²) in [7, 11) is 0. The number of benzene rings is 7. The first-order valence-electron chi connectivity index (χ1n) is 19.8. The summed E-state index contributed by atoms with van der Waals surface area (Å²) in [5.41, 5.74) is 13.8. The van der Waals surface area contributed by atoms with Gasteiger partial charge in [0, 0.05) is 6.20 Å². The molecule has 0 saturated heterocycles. The van der Waals surface area contributed by atoms with Gasteiger partial charge in [-0.1, -0.05) is 6.07 Å². The summed E-state index contributed by atoms with van der Waals surface area (Å²) in [5.74, 6) is 2.10. The number of rotatable bonds is 7. The van der Waals surface area contributed by atoms with E-state index in [-0.39, 0.29) is 0 Å². The van der Waals surface area contributed by atoms with Crippen LogP contribution in [0.4, 0.5) is 0 Å². The van der Waals surface area contributed by atoms with Gasteiger partial charge in [0.1, 0.15) is 0 Å². The number of imidazole rings is 1. The van der Waals surface area contributed by atoms with E-state index in [1.54, 1.807) is 0 Å². The van der Waals surface area contributed by atoms with Gasteiger partial charge in [-0.15, -0.1) is 0 Å². The van der Waals surface area contributed by atoms with Crippen LogP contribution in [-0.4, -0.2) is 18.7 Å². The van der Waals surface area contributed by atoms with E-state index in [1.807, 2.05) is 36.5 Å². The first-order chi connectivity index (χ1) is 28.7. The quantitative estimate of drug-likeness (QED) is 0.149. The summed E-state index contributed by atoms with van der Waals surface area (Å²) in [6.45, 7) is 0. The van der Waals surface area contributed by atoms with E-state index in [9.17, 15) is 0 Å². The van der Waals surface area contributed by atoms with Crippen molar-refractivity contribution in [1.29, 1.82) is 0 Å². The molecule has 7 aromatic carbocycles. The molecule has 0 aliphatic heterocycles. The fourth-order valence-corrected chi connectivity index (χ4v) is 9.79. The van der Waals surface area contributed by atoms with Crippen LogP contribution in [0, 0.1) is 15.9 Å². The average molecular weight is 928 g/mol. The molecule has 0 bridgehead atoms. The van der Waals surface area contributed by atoms with Gasteiger partial charge in [0.15, 0.2) is 0 Å². The number of hydrogen-bond donors (Lipinski definition) is 0. The van der Waals surface area contributed by atoms with Gasteiger partial charge >= 0.3 is 294 Å². The zero-order chi connectivity index (χ0) is 38.6. The van der Waals surface area contributed by atoms with Crippen LogP contribution in [0.15, 0.2) is 170 Å². The second-order valence-corrected chi connectivity index (χ2v) is 15.8. The van der Waals surface area contributed by atoms with Crippen LogP contribution in [0.1, 0.15) is 24.0 Å². The first kappa shape index (κ1) is 34.7. The number of aromatic nitrogens is 4. The molecule has 58 heavy (non-hydrogen) atoms. The van der Waals surface area contributed by atoms with Gasteiger partial charge in [-0.05, 0) is 42.9 Å². The summed E-state index contributed by atoms with van der Waals surface area (Å²) in [5, 5.41) is 2.37. The van der Waals surface area contributed by atoms with E-state index >= 15 is 0 Å². The summed E-state index contributed by atoms with van der Waals surface area (Å²) >= 11 is 2.47. The molecule has 11 rings (SSSR count). The number of ether oxygens (including phenoxy) is 1. The Morgan fingerprint density at radius 2 is 1.16 bits per heavy atom. The Kier molecular flexibility index (Phi) is 8.63. The molecule has 0 amide bonds. The average Bonchev–Trinajstić information content (AvgIpc) is 3.76. The molecule has 0 atom stereocenters. The van der Waals surface area contributed by atoms with Crippen molar-refractivity contribution < 1.29 is 24.1 Å². The minimum atomic E-state index is 0.610. The molecule has 10 aromatic rings. The maximum atomic E-state index is 6.67. The van der Waals surface area contributed by atoms with Gasteiger partial charge in [0.25, 0.3) is 0 Å². The fourth-order valence-electron chi connectivity index (χ4n) is 8.72. The van der Waals surface area contributed by atoms with Crippen LogP contribution in [0.5, 0.6) is 11.5 Å². The first-order valence-corrected chi connectivity index (χ1v) is 20.9. The van der Waals surface area contributed by atoms with Crippen molar-refractivity contribution in [3.8, 4) is 50.9 Å². The zero-order valence-corrected chi connectivity index (χ0v) is 33.8. The van der Waals surface area contributed by atoms with Crippen molar-refractivity contribution in [2.45, 2.75) is 25.7 Å². The molecule has 1 aliphatic rings. The summed E-state index contributed by atoms with van der Waals surface area (Å²) in [6, 6.07) is 64.9. The molecule has 0 unspecified atom stereocenters. The van der Waals surface area contributed by atoms with E-state index in [4.69, 9.17) is 9.72 Å². The van der Waals surface area contributed by atoms with Gasteiger partial charge < -0.3 is 0 Å². The maximum absolute atomic E-state index is 6.67. The van der Waals surface area contributed by atoms with E-state index < -0.39 is 0 Å². The zero-order valence-electron chi connectivity index (χ0n) is 31.5. The number of aryl methyl sites for hydroxylation is 2. The molecular formula is C52H36N4OPt-2. The van der Waals surface area contributed by atoms with Crippen LogP contribution in [0.2, 0.25) is 0 Å². The third kappa shape index (κ3) is 5.88. The Labute approximate surface area is 347 Å². The van der Waals surface area contributed by atoms with Gasteiger partial charge in [-0.3, -0.25) is 0 Å². The second-order valence-electron chi connectivity index (χ2n) is 14.8. The standard InChI is InChI=1S/C52H36N4O.Pt/c1-3-15-36(16-4-1)43-23-14-24-44(37-17-5-2-6-18-37)52(43)55-35-54(47-25-9-10-26-48(47)55)40-21-13-22-41(33-40)57-42-28-29-45-46-31-38-19-7-8-20-39(38)32-49(46)56(50(45)34-42)51-27-11-12-30-53-51;/h1-6,9-18,21-32H,7-8,19-20H2;/q-2;. The third-order valence-electron chi connectivity index (χ3n) is 11.3. The molecule has 3 aromatic heterocycles. The molecule has 0 radical (unpaired) electrons.